The van der Waals surface area contributed by atoms with Crippen molar-refractivity contribution in [1.82, 2.24) is 10.1 Å². The normalized spacial score (nSPS) is 10.2. The van der Waals surface area contributed by atoms with Gasteiger partial charge in [-0.2, -0.15) is 0 Å². The number of benzene rings is 1. The zero-order chi connectivity index (χ0) is 16.4. The first-order chi connectivity index (χ1) is 11.1. The molecule has 0 spiro atoms. The monoisotopic (exact) mass is 324 g/mol. The highest BCUT2D eigenvalue weighted by Crippen LogP contribution is 2.24. The Labute approximate surface area is 136 Å². The minimum atomic E-state index is -1.08. The van der Waals surface area contributed by atoms with Gasteiger partial charge in [0.25, 0.3) is 0 Å². The van der Waals surface area contributed by atoms with E-state index < -0.39 is 5.97 Å². The predicted octanol–water partition coefficient (Wildman–Crippen LogP) is 3.51. The molecule has 0 saturated heterocycles. The Morgan fingerprint density at radius 3 is 2.65 bits per heavy atom. The number of aromatic carboxylic acids is 1. The molecule has 0 aliphatic heterocycles. The summed E-state index contributed by atoms with van der Waals surface area (Å²) in [6, 6.07) is 9.57. The van der Waals surface area contributed by atoms with Crippen molar-refractivity contribution in [3.05, 3.63) is 57.2 Å². The van der Waals surface area contributed by atoms with Gasteiger partial charge in [0.1, 0.15) is 16.3 Å². The molecular weight excluding hydrogens is 312 g/mol. The Balaban J connectivity index is 2.06. The maximum absolute atomic E-state index is 11.2. The largest absolute Gasteiger partial charge is 0.476 e. The van der Waals surface area contributed by atoms with Crippen LogP contribution in [0.25, 0.3) is 11.3 Å². The third-order valence-electron chi connectivity index (χ3n) is 3.15. The number of rotatable bonds is 2. The van der Waals surface area contributed by atoms with Gasteiger partial charge in [-0.3, -0.25) is 0 Å². The van der Waals surface area contributed by atoms with E-state index in [4.69, 9.17) is 9.63 Å². The van der Waals surface area contributed by atoms with Crippen molar-refractivity contribution >= 4 is 17.3 Å². The molecule has 0 fully saturated rings. The maximum Gasteiger partial charge on any atom is 0.356 e. The minimum Gasteiger partial charge on any atom is -0.476 e. The number of nitrogens with zero attached hydrogens (tertiary/aromatic N) is 2. The fourth-order valence-corrected chi connectivity index (χ4v) is 2.85. The topological polar surface area (TPSA) is 76.2 Å². The fourth-order valence-electron chi connectivity index (χ4n) is 2.09. The predicted molar refractivity (Wildman–Crippen MR) is 86.5 cm³/mol. The Morgan fingerprint density at radius 1 is 1.22 bits per heavy atom. The number of hydrogen-bond donors (Lipinski definition) is 1. The maximum atomic E-state index is 11.2. The van der Waals surface area contributed by atoms with Crippen LogP contribution >= 0.6 is 11.3 Å². The van der Waals surface area contributed by atoms with Gasteiger partial charge in [0, 0.05) is 5.56 Å². The molecule has 1 aromatic carbocycles. The van der Waals surface area contributed by atoms with Crippen LogP contribution in [0.4, 0.5) is 0 Å². The number of thiazole rings is 1. The molecule has 0 amide bonds. The highest BCUT2D eigenvalue weighted by molar-refractivity contribution is 7.12. The van der Waals surface area contributed by atoms with Crippen LogP contribution < -0.4 is 0 Å². The van der Waals surface area contributed by atoms with Crippen molar-refractivity contribution in [3.63, 3.8) is 0 Å². The smallest absolute Gasteiger partial charge is 0.356 e. The van der Waals surface area contributed by atoms with Crippen LogP contribution in [0.1, 0.15) is 31.7 Å². The Hall–Kier alpha value is -2.91. The van der Waals surface area contributed by atoms with Crippen molar-refractivity contribution in [2.75, 3.05) is 0 Å². The first kappa shape index (κ1) is 15.0. The summed E-state index contributed by atoms with van der Waals surface area (Å²) in [4.78, 5) is 15.6. The zero-order valence-corrected chi connectivity index (χ0v) is 13.3. The highest BCUT2D eigenvalue weighted by Gasteiger charge is 2.15. The SMILES string of the molecule is Cc1nc(C(=O)O)c(C#Cc2c(-c3ccccc3)noc2C)s1. The molecule has 0 unspecified atom stereocenters. The second-order valence-corrected chi connectivity index (χ2v) is 6.00. The van der Waals surface area contributed by atoms with Gasteiger partial charge >= 0.3 is 5.97 Å². The van der Waals surface area contributed by atoms with Crippen molar-refractivity contribution < 1.29 is 14.4 Å². The second-order valence-electron chi connectivity index (χ2n) is 4.79. The molecule has 114 valence electrons. The molecule has 3 aromatic rings. The Morgan fingerprint density at radius 2 is 1.96 bits per heavy atom. The van der Waals surface area contributed by atoms with Crippen molar-refractivity contribution in [3.8, 4) is 23.1 Å². The van der Waals surface area contributed by atoms with Gasteiger partial charge in [0.05, 0.1) is 10.6 Å². The number of carboxylic acid groups (broad SMARTS) is 1. The number of aromatic nitrogens is 2. The van der Waals surface area contributed by atoms with Crippen LogP contribution in [0.2, 0.25) is 0 Å². The molecule has 5 nitrogen and oxygen atoms in total. The second kappa shape index (κ2) is 6.07. The van der Waals surface area contributed by atoms with E-state index in [9.17, 15) is 4.79 Å². The summed E-state index contributed by atoms with van der Waals surface area (Å²) in [6.45, 7) is 3.53. The van der Waals surface area contributed by atoms with E-state index in [0.717, 1.165) is 5.56 Å². The molecule has 23 heavy (non-hydrogen) atoms. The molecule has 0 bridgehead atoms. The van der Waals surface area contributed by atoms with E-state index in [2.05, 4.69) is 22.0 Å². The Bertz CT molecular complexity index is 930. The third-order valence-corrected chi connectivity index (χ3v) is 4.03. The van der Waals surface area contributed by atoms with Gasteiger partial charge in [0.15, 0.2) is 5.69 Å². The lowest BCUT2D eigenvalue weighted by atomic mass is 10.1. The molecule has 0 atom stereocenters. The van der Waals surface area contributed by atoms with Gasteiger partial charge in [-0.25, -0.2) is 9.78 Å². The van der Waals surface area contributed by atoms with E-state index in [1.807, 2.05) is 30.3 Å². The quantitative estimate of drug-likeness (QED) is 0.730. The van der Waals surface area contributed by atoms with E-state index in [0.29, 0.717) is 26.9 Å². The number of aryl methyl sites for hydroxylation is 2. The van der Waals surface area contributed by atoms with E-state index in [-0.39, 0.29) is 5.69 Å². The Kier molecular flexibility index (Phi) is 3.96. The lowest BCUT2D eigenvalue weighted by molar-refractivity contribution is 0.0691. The average molecular weight is 324 g/mol. The van der Waals surface area contributed by atoms with Crippen LogP contribution in [0.3, 0.4) is 0 Å². The average Bonchev–Trinajstić information content (AvgIpc) is 3.09. The molecule has 2 heterocycles. The van der Waals surface area contributed by atoms with Gasteiger partial charge < -0.3 is 9.63 Å². The summed E-state index contributed by atoms with van der Waals surface area (Å²) in [7, 11) is 0. The molecule has 2 aromatic heterocycles. The molecule has 0 saturated carbocycles. The van der Waals surface area contributed by atoms with Crippen LogP contribution in [-0.4, -0.2) is 21.2 Å². The number of carbonyl (C=O) groups is 1. The summed E-state index contributed by atoms with van der Waals surface area (Å²) >= 11 is 1.26. The van der Waals surface area contributed by atoms with Crippen LogP contribution in [0.15, 0.2) is 34.9 Å². The van der Waals surface area contributed by atoms with Crippen LogP contribution in [0, 0.1) is 25.7 Å². The van der Waals surface area contributed by atoms with Crippen molar-refractivity contribution in [1.29, 1.82) is 0 Å². The van der Waals surface area contributed by atoms with Crippen molar-refractivity contribution in [2.45, 2.75) is 13.8 Å². The first-order valence-electron chi connectivity index (χ1n) is 6.80. The van der Waals surface area contributed by atoms with E-state index in [1.165, 1.54) is 11.3 Å². The molecule has 6 heteroatoms. The summed E-state index contributed by atoms with van der Waals surface area (Å²) in [5, 5.41) is 13.9. The molecule has 0 radical (unpaired) electrons. The third kappa shape index (κ3) is 3.00. The molecule has 0 aliphatic rings. The number of hydrogen-bond acceptors (Lipinski definition) is 5. The summed E-state index contributed by atoms with van der Waals surface area (Å²) in [5.41, 5.74) is 2.18. The van der Waals surface area contributed by atoms with Gasteiger partial charge in [0.2, 0.25) is 0 Å². The number of carboxylic acids is 1. The fraction of sp³-hybridized carbons (Fsp3) is 0.118. The van der Waals surface area contributed by atoms with Gasteiger partial charge in [-0.05, 0) is 19.8 Å². The first-order valence-corrected chi connectivity index (χ1v) is 7.62. The highest BCUT2D eigenvalue weighted by atomic mass is 32.1. The van der Waals surface area contributed by atoms with Crippen LogP contribution in [-0.2, 0) is 0 Å². The minimum absolute atomic E-state index is 0.0182. The molecular formula is C17H12N2O3S. The molecule has 1 N–H and O–H groups in total. The lowest BCUT2D eigenvalue weighted by Gasteiger charge is -1.95. The van der Waals surface area contributed by atoms with Gasteiger partial charge in [-0.1, -0.05) is 41.4 Å². The lowest BCUT2D eigenvalue weighted by Crippen LogP contribution is -1.98. The summed E-state index contributed by atoms with van der Waals surface area (Å²) < 4.78 is 5.24. The van der Waals surface area contributed by atoms with Crippen LogP contribution in [0.5, 0.6) is 0 Å². The molecule has 0 aliphatic carbocycles. The zero-order valence-electron chi connectivity index (χ0n) is 12.5. The van der Waals surface area contributed by atoms with E-state index >= 15 is 0 Å². The molecule has 3 rings (SSSR count). The van der Waals surface area contributed by atoms with Gasteiger partial charge in [-0.15, -0.1) is 11.3 Å². The van der Waals surface area contributed by atoms with Crippen molar-refractivity contribution in [2.24, 2.45) is 0 Å². The summed E-state index contributed by atoms with van der Waals surface area (Å²) in [6.07, 6.45) is 0. The van der Waals surface area contributed by atoms with E-state index in [1.54, 1.807) is 13.8 Å². The summed E-state index contributed by atoms with van der Waals surface area (Å²) in [5.74, 6) is 5.39. The standard InChI is InChI=1S/C17H12N2O3S/c1-10-13(15(19-22-10)12-6-4-3-5-7-12)8-9-14-16(17(20)21)18-11(2)23-14/h3-7H,1-2H3,(H,20,21).